The van der Waals surface area contributed by atoms with Crippen LogP contribution in [0.4, 0.5) is 0 Å². The lowest BCUT2D eigenvalue weighted by Crippen LogP contribution is -2.53. The average molecular weight is 287 g/mol. The van der Waals surface area contributed by atoms with E-state index >= 15 is 0 Å². The zero-order chi connectivity index (χ0) is 13.0. The molecule has 0 aromatic carbocycles. The molecule has 2 aliphatic heterocycles. The van der Waals surface area contributed by atoms with E-state index in [-0.39, 0.29) is 0 Å². The molecule has 2 aliphatic rings. The summed E-state index contributed by atoms with van der Waals surface area (Å²) in [5.41, 5.74) is 0. The summed E-state index contributed by atoms with van der Waals surface area (Å²) in [7, 11) is -3.71. The van der Waals surface area contributed by atoms with Gasteiger partial charge in [-0.1, -0.05) is 65.5 Å². The van der Waals surface area contributed by atoms with Gasteiger partial charge in [0.25, 0.3) is 0 Å². The third-order valence-electron chi connectivity index (χ3n) is 6.44. The van der Waals surface area contributed by atoms with E-state index in [1.165, 1.54) is 0 Å². The van der Waals surface area contributed by atoms with Crippen molar-refractivity contribution in [3.63, 3.8) is 0 Å². The van der Waals surface area contributed by atoms with Gasteiger partial charge in [-0.15, -0.1) is 0 Å². The minimum absolute atomic E-state index is 0.889. The van der Waals surface area contributed by atoms with Gasteiger partial charge < -0.3 is 0 Å². The van der Waals surface area contributed by atoms with Crippen molar-refractivity contribution >= 4 is 32.3 Å². The van der Waals surface area contributed by atoms with E-state index in [0.717, 1.165) is 8.57 Å². The molecule has 0 amide bonds. The maximum absolute atomic E-state index is 2.74. The summed E-state index contributed by atoms with van der Waals surface area (Å²) in [5.74, 6) is 0. The molecule has 0 radical (unpaired) electrons. The van der Waals surface area contributed by atoms with Crippen molar-refractivity contribution in [2.45, 2.75) is 74.0 Å². The molecule has 94 valence electrons. The first kappa shape index (κ1) is 13.3. The zero-order valence-electron chi connectivity index (χ0n) is 13.0. The number of fused-ring (bicyclic) bond motifs is 1. The van der Waals surface area contributed by atoms with E-state index in [2.05, 4.69) is 65.5 Å². The lowest BCUT2D eigenvalue weighted by Gasteiger charge is -2.40. The Morgan fingerprint density at radius 1 is 0.562 bits per heavy atom. The molecule has 0 aromatic rings. The molecule has 0 atom stereocenters. The third kappa shape index (κ3) is 0.798. The molecule has 0 bridgehead atoms. The summed E-state index contributed by atoms with van der Waals surface area (Å²) in [6, 6.07) is 0. The van der Waals surface area contributed by atoms with Crippen LogP contribution in [0.3, 0.4) is 0 Å². The molecule has 0 aromatic heterocycles. The molecule has 0 saturated carbocycles. The molecule has 2 rings (SSSR count). The minimum Gasteiger partial charge on any atom is -0.0696 e. The van der Waals surface area contributed by atoms with E-state index in [9.17, 15) is 0 Å². The van der Waals surface area contributed by atoms with Crippen molar-refractivity contribution in [2.24, 2.45) is 0 Å². The summed E-state index contributed by atoms with van der Waals surface area (Å²) in [6.45, 7) is 27.0. The van der Waals surface area contributed by atoms with Crippen LogP contribution in [0.15, 0.2) is 0 Å². The van der Waals surface area contributed by atoms with Gasteiger partial charge in [0.2, 0.25) is 0 Å². The highest BCUT2D eigenvalue weighted by molar-refractivity contribution is 7.53. The van der Waals surface area contributed by atoms with Gasteiger partial charge in [-0.05, 0) is 8.57 Å². The smallest absolute Gasteiger partial charge is 0.0487 e. The van der Waals surface area contributed by atoms with Gasteiger partial charge in [-0.25, -0.2) is 0 Å². The van der Waals surface area contributed by atoms with E-state index in [1.807, 2.05) is 0 Å². The summed E-state index contributed by atoms with van der Waals surface area (Å²) in [5, 5.41) is 0. The molecular weight excluding hydrogens is 256 g/mol. The number of hydrogen-bond acceptors (Lipinski definition) is 0. The van der Waals surface area contributed by atoms with Gasteiger partial charge in [0.15, 0.2) is 0 Å². The molecule has 16 heavy (non-hydrogen) atoms. The third-order valence-corrected chi connectivity index (χ3v) is 45.9. The molecule has 0 aliphatic carbocycles. The number of rotatable bonds is 2. The Bertz CT molecular complexity index is 306. The van der Waals surface area contributed by atoms with Crippen molar-refractivity contribution in [1.82, 2.24) is 0 Å². The van der Waals surface area contributed by atoms with E-state index in [0.29, 0.717) is 0 Å². The summed E-state index contributed by atoms with van der Waals surface area (Å²) >= 11 is 0. The van der Waals surface area contributed by atoms with Gasteiger partial charge in [-0.3, -0.25) is 0 Å². The Morgan fingerprint density at radius 3 is 0.812 bits per heavy atom. The van der Waals surface area contributed by atoms with Crippen LogP contribution >= 0.6 is 0 Å². The van der Waals surface area contributed by atoms with Crippen molar-refractivity contribution in [3.05, 3.63) is 0 Å². The summed E-state index contributed by atoms with van der Waals surface area (Å²) in [6.07, 6.45) is 0. The number of hydrogen-bond donors (Lipinski definition) is 0. The van der Waals surface area contributed by atoms with Crippen molar-refractivity contribution < 1.29 is 0 Å². The van der Waals surface area contributed by atoms with Crippen LogP contribution in [-0.4, -0.2) is 32.3 Å². The van der Waals surface area contributed by atoms with E-state index < -0.39 is 32.3 Å². The topological polar surface area (TPSA) is 0 Å². The maximum Gasteiger partial charge on any atom is 0.0487 e. The zero-order valence-corrected chi connectivity index (χ0v) is 17.0. The quantitative estimate of drug-likeness (QED) is 0.643. The van der Waals surface area contributed by atoms with Gasteiger partial charge >= 0.3 is 0 Å². The molecular formula is C12H30Si4. The molecule has 2 saturated heterocycles. The normalized spacial score (nSPS) is 43.9. The van der Waals surface area contributed by atoms with Crippen LogP contribution in [0.2, 0.25) is 74.0 Å². The molecule has 2 heterocycles. The fraction of sp³-hybridized carbons (Fsp3) is 1.00. The highest BCUT2D eigenvalue weighted by Gasteiger charge is 3.10. The molecule has 0 unspecified atom stereocenters. The SMILES string of the molecule is C[Si](C)(C)C12C([Si](C)(C)C)([Si]1(C)C)[Si]2(C)C. The van der Waals surface area contributed by atoms with Gasteiger partial charge in [0.05, 0.1) is 0 Å². The second kappa shape index (κ2) is 2.58. The van der Waals surface area contributed by atoms with Crippen LogP contribution in [0, 0.1) is 0 Å². The lowest BCUT2D eigenvalue weighted by molar-refractivity contribution is 1.27. The molecule has 0 N–H and O–H groups in total. The first-order valence-electron chi connectivity index (χ1n) is 6.75. The minimum atomic E-state index is -0.968. The van der Waals surface area contributed by atoms with Gasteiger partial charge in [-0.2, -0.15) is 0 Å². The highest BCUT2D eigenvalue weighted by atomic mass is 28.5. The average Bonchev–Trinajstić information content (AvgIpc) is 2.61. The van der Waals surface area contributed by atoms with Crippen LogP contribution in [0.5, 0.6) is 0 Å². The molecule has 0 spiro atoms. The fourth-order valence-corrected chi connectivity index (χ4v) is 76.5. The lowest BCUT2D eigenvalue weighted by atomic mass is 10.9. The fourth-order valence-electron chi connectivity index (χ4n) is 8.12. The van der Waals surface area contributed by atoms with Crippen LogP contribution in [0.25, 0.3) is 0 Å². The van der Waals surface area contributed by atoms with Crippen LogP contribution in [-0.2, 0) is 0 Å². The van der Waals surface area contributed by atoms with Gasteiger partial charge in [0.1, 0.15) is 0 Å². The highest BCUT2D eigenvalue weighted by Crippen LogP contribution is 3.08. The van der Waals surface area contributed by atoms with Crippen molar-refractivity contribution in [1.29, 1.82) is 0 Å². The summed E-state index contributed by atoms with van der Waals surface area (Å²) in [4.78, 5) is 0. The molecule has 4 heteroatoms. The Kier molecular flexibility index (Phi) is 2.15. The Hall–Kier alpha value is 0.868. The Labute approximate surface area is 106 Å². The largest absolute Gasteiger partial charge is 0.0696 e. The Balaban J connectivity index is 2.61. The predicted molar refractivity (Wildman–Crippen MR) is 87.0 cm³/mol. The Morgan fingerprint density at radius 2 is 0.750 bits per heavy atom. The van der Waals surface area contributed by atoms with E-state index in [4.69, 9.17) is 0 Å². The standard InChI is InChI=1S/C12H30Si4/c1-13(2,3)11-12(14(4,5)6,15(11,7)8)16(11,9)10/h1-10H3. The predicted octanol–water partition coefficient (Wildman–Crippen LogP) is 4.74. The summed E-state index contributed by atoms with van der Waals surface area (Å²) < 4.78 is 2.01. The van der Waals surface area contributed by atoms with E-state index in [1.54, 1.807) is 0 Å². The van der Waals surface area contributed by atoms with Crippen molar-refractivity contribution in [2.75, 3.05) is 0 Å². The van der Waals surface area contributed by atoms with Crippen LogP contribution in [0.1, 0.15) is 0 Å². The monoisotopic (exact) mass is 286 g/mol. The first-order valence-corrected chi connectivity index (χ1v) is 19.8. The van der Waals surface area contributed by atoms with Crippen LogP contribution < -0.4 is 0 Å². The second-order valence-electron chi connectivity index (χ2n) is 9.25. The van der Waals surface area contributed by atoms with Gasteiger partial charge in [0, 0.05) is 32.3 Å². The maximum atomic E-state index is 2.74. The second-order valence-corrected chi connectivity index (χ2v) is 32.2. The molecule has 0 nitrogen and oxygen atoms in total. The molecule has 2 fully saturated rings. The first-order chi connectivity index (χ1) is 6.75. The van der Waals surface area contributed by atoms with Crippen molar-refractivity contribution in [3.8, 4) is 0 Å².